The third-order valence-electron chi connectivity index (χ3n) is 4.65. The molecule has 0 spiro atoms. The molecule has 0 aliphatic carbocycles. The van der Waals surface area contributed by atoms with Gasteiger partial charge in [-0.2, -0.15) is 0 Å². The lowest BCUT2D eigenvalue weighted by molar-refractivity contribution is 0.00578. The van der Waals surface area contributed by atoms with Crippen LogP contribution in [0.1, 0.15) is 39.7 Å². The van der Waals surface area contributed by atoms with Crippen LogP contribution in [-0.2, 0) is 14.0 Å². The molecule has 0 radical (unpaired) electrons. The summed E-state index contributed by atoms with van der Waals surface area (Å²) in [5, 5.41) is 0. The van der Waals surface area contributed by atoms with E-state index in [1.54, 1.807) is 18.2 Å². The number of benzene rings is 1. The van der Waals surface area contributed by atoms with Gasteiger partial charge in [0, 0.05) is 0 Å². The molecule has 1 heterocycles. The summed E-state index contributed by atoms with van der Waals surface area (Å²) in [5.41, 5.74) is -1.08. The first-order valence-corrected chi connectivity index (χ1v) is 8.37. The molecule has 0 N–H and O–H groups in total. The summed E-state index contributed by atoms with van der Waals surface area (Å²) in [7, 11) is -1.12. The van der Waals surface area contributed by atoms with Gasteiger partial charge >= 0.3 is 7.12 Å². The average molecular weight is 350 g/mol. The zero-order valence-electron chi connectivity index (χ0n) is 15.3. The van der Waals surface area contributed by atoms with Crippen LogP contribution in [-0.4, -0.2) is 31.5 Å². The highest BCUT2D eigenvalue weighted by molar-refractivity contribution is 6.55. The lowest BCUT2D eigenvalue weighted by Crippen LogP contribution is -2.41. The molecule has 1 saturated heterocycles. The molecule has 25 heavy (non-hydrogen) atoms. The van der Waals surface area contributed by atoms with Gasteiger partial charge < -0.3 is 14.0 Å². The van der Waals surface area contributed by atoms with Crippen LogP contribution in [0, 0.1) is 5.82 Å². The van der Waals surface area contributed by atoms with Crippen molar-refractivity contribution in [2.45, 2.75) is 45.3 Å². The van der Waals surface area contributed by atoms with E-state index in [9.17, 15) is 4.39 Å². The molecule has 3 nitrogen and oxygen atoms in total. The Morgan fingerprint density at radius 3 is 2.44 bits per heavy atom. The molecule has 0 atom stereocenters. The maximum Gasteiger partial charge on any atom is 0.525 e. The van der Waals surface area contributed by atoms with E-state index in [1.807, 2.05) is 27.7 Å². The summed E-state index contributed by atoms with van der Waals surface area (Å²) in [6.07, 6.45) is 1.89. The van der Waals surface area contributed by atoms with Crippen molar-refractivity contribution < 1.29 is 22.8 Å². The summed E-state index contributed by atoms with van der Waals surface area (Å²) < 4.78 is 45.7. The standard InChI is InChI=1S/C19H25BF2O3/c1-6-11-23-12-10-16(14-8-7-9-15(21)13-14)17(22)20-24-18(2,3)19(4,5)25-20/h6-9,13H,1,10-12H2,2-5H3. The summed E-state index contributed by atoms with van der Waals surface area (Å²) in [6.45, 7) is 11.7. The zero-order chi connectivity index (χ0) is 18.7. The smallest absolute Gasteiger partial charge is 0.398 e. The van der Waals surface area contributed by atoms with Gasteiger partial charge in [-0.05, 0) is 57.4 Å². The number of hydrogen-bond donors (Lipinski definition) is 0. The molecule has 2 rings (SSSR count). The molecule has 1 aliphatic rings. The van der Waals surface area contributed by atoms with Crippen LogP contribution in [0.15, 0.2) is 42.6 Å². The van der Waals surface area contributed by atoms with Gasteiger partial charge in [-0.3, -0.25) is 0 Å². The second-order valence-electron chi connectivity index (χ2n) is 7.04. The Kier molecular flexibility index (Phi) is 6.19. The Hall–Kier alpha value is -1.50. The van der Waals surface area contributed by atoms with Crippen molar-refractivity contribution in [3.8, 4) is 0 Å². The van der Waals surface area contributed by atoms with Crippen molar-refractivity contribution in [1.82, 2.24) is 0 Å². The van der Waals surface area contributed by atoms with Crippen molar-refractivity contribution in [3.05, 3.63) is 54.0 Å². The van der Waals surface area contributed by atoms with Crippen LogP contribution in [0.3, 0.4) is 0 Å². The molecule has 0 bridgehead atoms. The normalized spacial score (nSPS) is 19.7. The van der Waals surface area contributed by atoms with Crippen LogP contribution < -0.4 is 0 Å². The van der Waals surface area contributed by atoms with Gasteiger partial charge in [0.05, 0.1) is 24.4 Å². The lowest BCUT2D eigenvalue weighted by Gasteiger charge is -2.32. The summed E-state index contributed by atoms with van der Waals surface area (Å²) >= 11 is 0. The third-order valence-corrected chi connectivity index (χ3v) is 4.65. The van der Waals surface area contributed by atoms with Gasteiger partial charge in [0.25, 0.3) is 0 Å². The predicted octanol–water partition coefficient (Wildman–Crippen LogP) is 4.73. The quantitative estimate of drug-likeness (QED) is 0.404. The van der Waals surface area contributed by atoms with Crippen molar-refractivity contribution in [3.63, 3.8) is 0 Å². The van der Waals surface area contributed by atoms with E-state index < -0.39 is 29.9 Å². The maximum absolute atomic E-state index is 15.2. The van der Waals surface area contributed by atoms with E-state index in [-0.39, 0.29) is 13.0 Å². The highest BCUT2D eigenvalue weighted by atomic mass is 19.1. The van der Waals surface area contributed by atoms with Crippen molar-refractivity contribution in [2.75, 3.05) is 13.2 Å². The van der Waals surface area contributed by atoms with E-state index in [2.05, 4.69) is 6.58 Å². The van der Waals surface area contributed by atoms with Gasteiger partial charge in [0.2, 0.25) is 0 Å². The summed E-state index contributed by atoms with van der Waals surface area (Å²) in [4.78, 5) is 0. The molecule has 1 aliphatic heterocycles. The largest absolute Gasteiger partial charge is 0.525 e. The second-order valence-corrected chi connectivity index (χ2v) is 7.04. The monoisotopic (exact) mass is 350 g/mol. The van der Waals surface area contributed by atoms with E-state index in [0.29, 0.717) is 17.7 Å². The lowest BCUT2D eigenvalue weighted by atomic mass is 9.82. The van der Waals surface area contributed by atoms with E-state index in [0.717, 1.165) is 0 Å². The van der Waals surface area contributed by atoms with Gasteiger partial charge in [-0.15, -0.1) is 6.58 Å². The van der Waals surface area contributed by atoms with E-state index in [4.69, 9.17) is 14.0 Å². The molecule has 136 valence electrons. The number of rotatable bonds is 7. The van der Waals surface area contributed by atoms with Crippen LogP contribution in [0.5, 0.6) is 0 Å². The minimum atomic E-state index is -1.12. The molecule has 0 aromatic heterocycles. The first-order chi connectivity index (χ1) is 11.7. The molecule has 0 saturated carbocycles. The minimum Gasteiger partial charge on any atom is -0.398 e. The summed E-state index contributed by atoms with van der Waals surface area (Å²) in [6, 6.07) is 5.83. The number of hydrogen-bond acceptors (Lipinski definition) is 3. The highest BCUT2D eigenvalue weighted by Gasteiger charge is 2.53. The Morgan fingerprint density at radius 2 is 1.88 bits per heavy atom. The zero-order valence-corrected chi connectivity index (χ0v) is 15.3. The molecule has 1 aromatic carbocycles. The van der Waals surface area contributed by atoms with Crippen LogP contribution in [0.4, 0.5) is 8.78 Å². The second kappa shape index (κ2) is 7.81. The first-order valence-electron chi connectivity index (χ1n) is 8.37. The Bertz CT molecular complexity index is 640. The molecular weight excluding hydrogens is 325 g/mol. The minimum absolute atomic E-state index is 0.271. The molecule has 1 aromatic rings. The Balaban J connectivity index is 2.32. The van der Waals surface area contributed by atoms with Crippen molar-refractivity contribution in [1.29, 1.82) is 0 Å². The predicted molar refractivity (Wildman–Crippen MR) is 96.1 cm³/mol. The first kappa shape index (κ1) is 19.8. The van der Waals surface area contributed by atoms with Crippen LogP contribution >= 0.6 is 0 Å². The Morgan fingerprint density at radius 1 is 1.24 bits per heavy atom. The fraction of sp³-hybridized carbons (Fsp3) is 0.474. The number of halogens is 2. The molecule has 0 unspecified atom stereocenters. The SMILES string of the molecule is C=CCOCCC(=C(F)B1OC(C)(C)C(C)(C)O1)c1cccc(F)c1. The molecule has 1 fully saturated rings. The highest BCUT2D eigenvalue weighted by Crippen LogP contribution is 2.40. The third kappa shape index (κ3) is 4.57. The fourth-order valence-corrected chi connectivity index (χ4v) is 2.51. The van der Waals surface area contributed by atoms with Gasteiger partial charge in [-0.25, -0.2) is 8.78 Å². The van der Waals surface area contributed by atoms with Crippen LogP contribution in [0.2, 0.25) is 0 Å². The topological polar surface area (TPSA) is 27.7 Å². The van der Waals surface area contributed by atoms with Crippen molar-refractivity contribution in [2.24, 2.45) is 0 Å². The van der Waals surface area contributed by atoms with Crippen molar-refractivity contribution >= 4 is 12.7 Å². The Labute approximate surface area is 148 Å². The fourth-order valence-electron chi connectivity index (χ4n) is 2.51. The van der Waals surface area contributed by atoms with E-state index >= 15 is 4.39 Å². The van der Waals surface area contributed by atoms with Gasteiger partial charge in [-0.1, -0.05) is 18.2 Å². The van der Waals surface area contributed by atoms with Gasteiger partial charge in [0.15, 0.2) is 0 Å². The number of ether oxygens (including phenoxy) is 1. The molecule has 0 amide bonds. The maximum atomic E-state index is 15.2. The molecule has 6 heteroatoms. The molecular formula is C19H25BF2O3. The van der Waals surface area contributed by atoms with Gasteiger partial charge in [0.1, 0.15) is 11.5 Å². The summed E-state index contributed by atoms with van der Waals surface area (Å²) in [5.74, 6) is -0.427. The van der Waals surface area contributed by atoms with E-state index in [1.165, 1.54) is 12.1 Å². The van der Waals surface area contributed by atoms with Crippen LogP contribution in [0.25, 0.3) is 5.57 Å². The average Bonchev–Trinajstić information content (AvgIpc) is 2.75.